The first kappa shape index (κ1) is 58.0. The van der Waals surface area contributed by atoms with E-state index in [1.807, 2.05) is 0 Å². The smallest absolute Gasteiger partial charge is 0.343 e. The molecule has 0 aliphatic heterocycles. The van der Waals surface area contributed by atoms with E-state index in [1.54, 1.807) is 0 Å². The predicted octanol–water partition coefficient (Wildman–Crippen LogP) is 16.6. The van der Waals surface area contributed by atoms with E-state index < -0.39 is 0 Å². The van der Waals surface area contributed by atoms with Crippen LogP contribution in [0.3, 0.4) is 0 Å². The normalized spacial score (nSPS) is 12.0. The summed E-state index contributed by atoms with van der Waals surface area (Å²) in [6, 6.07) is 26.6. The molecule has 0 aliphatic carbocycles. The molecule has 0 unspecified atom stereocenters. The Balaban J connectivity index is 0.000000570. The Labute approximate surface area is 398 Å². The minimum absolute atomic E-state index is 0. The van der Waals surface area contributed by atoms with Crippen LogP contribution in [0.15, 0.2) is 72.8 Å². The second-order valence-electron chi connectivity index (χ2n) is 19.9. The monoisotopic (exact) mass is 866 g/mol. The molecule has 4 nitrogen and oxygen atoms in total. The summed E-state index contributed by atoms with van der Waals surface area (Å²) in [6.07, 6.45) is 5.81. The van der Waals surface area contributed by atoms with Crippen molar-refractivity contribution in [2.45, 2.75) is 218 Å². The number of benzene rings is 4. The molecule has 0 fully saturated rings. The zero-order valence-corrected chi connectivity index (χ0v) is 44.7. The largest absolute Gasteiger partial charge is 2.00 e. The van der Waals surface area contributed by atoms with Gasteiger partial charge in [0.25, 0.3) is 0 Å². The fraction of sp³-hybridized carbons (Fsp3) is 0.559. The fourth-order valence-electron chi connectivity index (χ4n) is 7.98. The molecule has 348 valence electrons. The number of para-hydroxylation sites is 4. The number of hydrogen-bond donors (Lipinski definition) is 2. The second-order valence-corrected chi connectivity index (χ2v) is 19.9. The molecule has 0 amide bonds. The van der Waals surface area contributed by atoms with Gasteiger partial charge in [0.1, 0.15) is 11.7 Å². The summed E-state index contributed by atoms with van der Waals surface area (Å²) in [4.78, 5) is 7.52. The third-order valence-corrected chi connectivity index (χ3v) is 11.8. The Hall–Kier alpha value is -4.01. The van der Waals surface area contributed by atoms with Gasteiger partial charge in [0.15, 0.2) is 0 Å². The van der Waals surface area contributed by atoms with Crippen LogP contribution in [0.25, 0.3) is 10.6 Å². The topological polar surface area (TPSA) is 56.1 Å². The van der Waals surface area contributed by atoms with E-state index in [1.165, 1.54) is 75.1 Å². The van der Waals surface area contributed by atoms with Gasteiger partial charge in [-0.25, -0.2) is 10.6 Å². The van der Waals surface area contributed by atoms with Crippen molar-refractivity contribution >= 4 is 44.5 Å². The molecule has 4 aromatic rings. The van der Waals surface area contributed by atoms with Crippen molar-refractivity contribution in [2.24, 2.45) is 0 Å². The molecule has 0 atom stereocenters. The van der Waals surface area contributed by atoms with Crippen molar-refractivity contribution in [1.29, 1.82) is 0 Å². The van der Waals surface area contributed by atoms with Gasteiger partial charge in [-0.05, 0) is 91.9 Å². The van der Waals surface area contributed by atoms with Gasteiger partial charge in [-0.2, -0.15) is 0 Å². The first-order valence-corrected chi connectivity index (χ1v) is 25.0. The molecule has 0 saturated carbocycles. The van der Waals surface area contributed by atoms with Gasteiger partial charge in [-0.15, -0.1) is 0 Å². The van der Waals surface area contributed by atoms with Crippen LogP contribution in [0.1, 0.15) is 262 Å². The molecule has 64 heavy (non-hydrogen) atoms. The Morgan fingerprint density at radius 1 is 0.359 bits per heavy atom. The standard InChI is InChI=1S/2C27H39N2.C5H12.Be/c2*1-10-25(28-26-21(17(2)3)13-11-14-22(26)18(4)5)29-27-23(19(6)7)15-12-16-24(27)20(8)9;1-3-5-4-2;/h2*11-20H,10H2,1-9H3;3-5H2,1-2H3;/q2*-1;;+2/p+2. The summed E-state index contributed by atoms with van der Waals surface area (Å²) in [5, 5.41) is 10.4. The maximum atomic E-state index is 5.22. The fourth-order valence-corrected chi connectivity index (χ4v) is 7.98. The predicted molar refractivity (Wildman–Crippen MR) is 287 cm³/mol. The molecule has 4 aromatic carbocycles. The molecule has 0 saturated heterocycles. The third-order valence-electron chi connectivity index (χ3n) is 11.8. The molecule has 0 spiro atoms. The average Bonchev–Trinajstić information content (AvgIpc) is 3.23. The van der Waals surface area contributed by atoms with E-state index in [2.05, 4.69) is 221 Å². The molecule has 0 heterocycles. The number of unbranched alkanes of at least 4 members (excludes halogenated alkanes) is 2. The van der Waals surface area contributed by atoms with E-state index in [0.29, 0.717) is 47.3 Å². The van der Waals surface area contributed by atoms with Crippen LogP contribution in [-0.4, -0.2) is 21.8 Å². The van der Waals surface area contributed by atoms with Gasteiger partial charge >= 0.3 is 10.1 Å². The van der Waals surface area contributed by atoms with Crippen LogP contribution in [-0.2, 0) is 0 Å². The quantitative estimate of drug-likeness (QED) is 0.0640. The van der Waals surface area contributed by atoms with E-state index >= 15 is 0 Å². The Kier molecular flexibility index (Phi) is 26.1. The van der Waals surface area contributed by atoms with Crippen LogP contribution in [0, 0.1) is 0 Å². The molecule has 0 aliphatic rings. The number of rotatable bonds is 16. The molecular formula is C59H92BeN4+2. The molecule has 5 heteroatoms. The summed E-state index contributed by atoms with van der Waals surface area (Å²) in [7, 11) is 0. The van der Waals surface area contributed by atoms with Gasteiger partial charge in [-0.3, -0.25) is 0 Å². The van der Waals surface area contributed by atoms with Crippen molar-refractivity contribution in [1.82, 2.24) is 0 Å². The molecule has 4 rings (SSSR count). The van der Waals surface area contributed by atoms with Crippen molar-refractivity contribution in [3.8, 4) is 0 Å². The summed E-state index contributed by atoms with van der Waals surface area (Å²) in [5.74, 6) is 5.70. The van der Waals surface area contributed by atoms with Crippen LogP contribution in [0.5, 0.6) is 0 Å². The van der Waals surface area contributed by atoms with Crippen LogP contribution in [0.4, 0.5) is 22.7 Å². The zero-order valence-electron chi connectivity index (χ0n) is 44.7. The number of hydrogen-bond acceptors (Lipinski definition) is 0. The van der Waals surface area contributed by atoms with E-state index in [-0.39, 0.29) is 10.1 Å². The Morgan fingerprint density at radius 2 is 0.562 bits per heavy atom. The van der Waals surface area contributed by atoms with Crippen LogP contribution in [0.2, 0.25) is 0 Å². The average molecular weight is 866 g/mol. The van der Waals surface area contributed by atoms with Gasteiger partial charge < -0.3 is 9.98 Å². The summed E-state index contributed by atoms with van der Waals surface area (Å²) >= 11 is 0. The van der Waals surface area contributed by atoms with E-state index in [9.17, 15) is 0 Å². The maximum Gasteiger partial charge on any atom is 2.00 e. The Bertz CT molecular complexity index is 1780. The number of nitrogens with one attached hydrogen (secondary N) is 2. The van der Waals surface area contributed by atoms with Crippen molar-refractivity contribution in [3.63, 3.8) is 0 Å². The van der Waals surface area contributed by atoms with Crippen LogP contribution < -0.4 is 9.98 Å². The SMILES string of the molecule is CCC([N-]c1c(C(C)C)cccc1C(C)C)=[NH+]c1c(C(C)C)cccc1C(C)C.CCC([N-]c1c(C(C)C)cccc1C(C)C)=[NH+]c1c(C(C)C)cccc1C(C)C.CCCCC.[Be+2]. The first-order chi connectivity index (χ1) is 29.7. The molecular weight excluding hydrogens is 774 g/mol. The van der Waals surface area contributed by atoms with Gasteiger partial charge in [0, 0.05) is 24.2 Å². The van der Waals surface area contributed by atoms with Crippen molar-refractivity contribution in [2.75, 3.05) is 0 Å². The molecule has 0 bridgehead atoms. The third kappa shape index (κ3) is 16.8. The van der Waals surface area contributed by atoms with Crippen molar-refractivity contribution in [3.05, 3.63) is 128 Å². The first-order valence-electron chi connectivity index (χ1n) is 25.0. The van der Waals surface area contributed by atoms with Crippen molar-refractivity contribution < 1.29 is 9.98 Å². The van der Waals surface area contributed by atoms with Gasteiger partial charge in [-0.1, -0.05) is 231 Å². The van der Waals surface area contributed by atoms with E-state index in [4.69, 9.17) is 10.6 Å². The summed E-state index contributed by atoms with van der Waals surface area (Å²) in [5.41, 5.74) is 15.5. The molecule has 2 N–H and O–H groups in total. The summed E-state index contributed by atoms with van der Waals surface area (Å²) < 4.78 is 0. The maximum absolute atomic E-state index is 5.22. The summed E-state index contributed by atoms with van der Waals surface area (Å²) in [6.45, 7) is 44.9. The van der Waals surface area contributed by atoms with E-state index in [0.717, 1.165) is 35.9 Å². The number of nitrogens with zero attached hydrogens (tertiary/aromatic N) is 2. The molecule has 0 aromatic heterocycles. The minimum atomic E-state index is 0. The zero-order chi connectivity index (χ0) is 47.6. The van der Waals surface area contributed by atoms with Crippen LogP contribution >= 0.6 is 0 Å². The minimum Gasteiger partial charge on any atom is -0.343 e. The van der Waals surface area contributed by atoms with Gasteiger partial charge in [0.05, 0.1) is 11.4 Å². The second kappa shape index (κ2) is 28.8. The molecule has 0 radical (unpaired) electrons. The Morgan fingerprint density at radius 3 is 0.719 bits per heavy atom. The number of amidine groups is 2. The van der Waals surface area contributed by atoms with Gasteiger partial charge in [0.2, 0.25) is 0 Å².